The highest BCUT2D eigenvalue weighted by atomic mass is 16.5. The quantitative estimate of drug-likeness (QED) is 0.876. The molecule has 21 heavy (non-hydrogen) atoms. The van der Waals surface area contributed by atoms with Gasteiger partial charge in [0.05, 0.1) is 18.0 Å². The van der Waals surface area contributed by atoms with Gasteiger partial charge in [0.2, 0.25) is 5.95 Å². The number of benzene rings is 1. The molecule has 0 spiro atoms. The van der Waals surface area contributed by atoms with Crippen LogP contribution >= 0.6 is 0 Å². The molecule has 0 saturated heterocycles. The lowest BCUT2D eigenvalue weighted by Gasteiger charge is -2.13. The van der Waals surface area contributed by atoms with Crippen molar-refractivity contribution in [1.82, 2.24) is 9.97 Å². The number of carbonyl (C=O) groups is 1. The van der Waals surface area contributed by atoms with Gasteiger partial charge >= 0.3 is 5.97 Å². The summed E-state index contributed by atoms with van der Waals surface area (Å²) in [4.78, 5) is 19.5. The maximum atomic E-state index is 11.5. The number of nitrogens with two attached hydrogens (primary N) is 1. The summed E-state index contributed by atoms with van der Waals surface area (Å²) in [6.45, 7) is 4.14. The number of hydrogen-bond acceptors (Lipinski definition) is 5. The van der Waals surface area contributed by atoms with Crippen molar-refractivity contribution in [3.63, 3.8) is 0 Å². The van der Waals surface area contributed by atoms with Crippen LogP contribution in [0, 0.1) is 6.92 Å². The summed E-state index contributed by atoms with van der Waals surface area (Å²) in [5.41, 5.74) is 6.90. The third-order valence-electron chi connectivity index (χ3n) is 2.92. The van der Waals surface area contributed by atoms with Crippen molar-refractivity contribution < 1.29 is 14.6 Å². The predicted octanol–water partition coefficient (Wildman–Crippen LogP) is 2.52. The number of hydrogen-bond donors (Lipinski definition) is 2. The number of aromatic nitrogens is 2. The summed E-state index contributed by atoms with van der Waals surface area (Å²) in [6.07, 6.45) is 0.852. The van der Waals surface area contributed by atoms with E-state index < -0.39 is 5.97 Å². The second-order valence-electron chi connectivity index (χ2n) is 4.54. The second-order valence-corrected chi connectivity index (χ2v) is 4.54. The molecule has 0 aliphatic carbocycles. The van der Waals surface area contributed by atoms with Gasteiger partial charge in [-0.25, -0.2) is 14.8 Å². The zero-order chi connectivity index (χ0) is 15.4. The van der Waals surface area contributed by atoms with Crippen LogP contribution in [0.1, 0.15) is 29.4 Å². The average Bonchev–Trinajstić information content (AvgIpc) is 2.44. The normalized spacial score (nSPS) is 10.4. The van der Waals surface area contributed by atoms with Gasteiger partial charge in [0, 0.05) is 5.56 Å². The van der Waals surface area contributed by atoms with Crippen LogP contribution < -0.4 is 10.5 Å². The molecule has 1 aromatic carbocycles. The predicted molar refractivity (Wildman–Crippen MR) is 79.4 cm³/mol. The van der Waals surface area contributed by atoms with Crippen molar-refractivity contribution in [2.24, 2.45) is 0 Å². The molecule has 2 aromatic rings. The van der Waals surface area contributed by atoms with Crippen molar-refractivity contribution >= 4 is 11.9 Å². The van der Waals surface area contributed by atoms with E-state index in [1.54, 1.807) is 25.1 Å². The van der Waals surface area contributed by atoms with Gasteiger partial charge in [-0.15, -0.1) is 0 Å². The van der Waals surface area contributed by atoms with E-state index in [1.165, 1.54) is 0 Å². The number of para-hydroxylation sites is 1. The highest BCUT2D eigenvalue weighted by Crippen LogP contribution is 2.32. The molecule has 2 rings (SSSR count). The number of rotatable bonds is 5. The Morgan fingerprint density at radius 1 is 1.33 bits per heavy atom. The molecule has 0 atom stereocenters. The lowest BCUT2D eigenvalue weighted by molar-refractivity contribution is 0.0696. The number of carboxylic acids is 1. The molecule has 0 unspecified atom stereocenters. The number of nitrogen functional groups attached to an aromatic ring is 1. The Labute approximate surface area is 122 Å². The molecule has 0 saturated carbocycles. The maximum Gasteiger partial charge on any atom is 0.339 e. The fraction of sp³-hybridized carbons (Fsp3) is 0.267. The summed E-state index contributed by atoms with van der Waals surface area (Å²) in [6, 6.07) is 7.17. The first-order chi connectivity index (χ1) is 10.0. The van der Waals surface area contributed by atoms with Crippen LogP contribution in [-0.4, -0.2) is 27.7 Å². The Morgan fingerprint density at radius 3 is 2.71 bits per heavy atom. The molecule has 110 valence electrons. The summed E-state index contributed by atoms with van der Waals surface area (Å²) < 4.78 is 5.66. The minimum Gasteiger partial charge on any atom is -0.493 e. The standard InChI is InChI=1S/C15H17N3O3/c1-3-8-21-11-7-5-4-6-10(11)13-12(14(19)20)9(2)17-15(16)18-13/h4-7H,3,8H2,1-2H3,(H,19,20)(H2,16,17,18). The van der Waals surface area contributed by atoms with E-state index in [-0.39, 0.29) is 17.2 Å². The third kappa shape index (κ3) is 3.10. The Kier molecular flexibility index (Phi) is 4.37. The van der Waals surface area contributed by atoms with Crippen LogP contribution in [0.15, 0.2) is 24.3 Å². The van der Waals surface area contributed by atoms with Gasteiger partial charge in [-0.3, -0.25) is 0 Å². The third-order valence-corrected chi connectivity index (χ3v) is 2.92. The summed E-state index contributed by atoms with van der Waals surface area (Å²) in [5, 5.41) is 9.40. The highest BCUT2D eigenvalue weighted by molar-refractivity contribution is 5.96. The van der Waals surface area contributed by atoms with Gasteiger partial charge in [-0.2, -0.15) is 0 Å². The van der Waals surface area contributed by atoms with Crippen molar-refractivity contribution in [2.45, 2.75) is 20.3 Å². The molecule has 3 N–H and O–H groups in total. The van der Waals surface area contributed by atoms with E-state index in [2.05, 4.69) is 9.97 Å². The number of anilines is 1. The first-order valence-electron chi connectivity index (χ1n) is 6.64. The lowest BCUT2D eigenvalue weighted by atomic mass is 10.0. The zero-order valence-corrected chi connectivity index (χ0v) is 12.0. The summed E-state index contributed by atoms with van der Waals surface area (Å²) in [7, 11) is 0. The highest BCUT2D eigenvalue weighted by Gasteiger charge is 2.21. The number of ether oxygens (including phenoxy) is 1. The van der Waals surface area contributed by atoms with Crippen molar-refractivity contribution in [2.75, 3.05) is 12.3 Å². The molecule has 0 aliphatic rings. The van der Waals surface area contributed by atoms with E-state index in [1.807, 2.05) is 13.0 Å². The monoisotopic (exact) mass is 287 g/mol. The number of carboxylic acid groups (broad SMARTS) is 1. The molecule has 0 aliphatic heterocycles. The SMILES string of the molecule is CCCOc1ccccc1-c1nc(N)nc(C)c1C(=O)O. The molecule has 0 bridgehead atoms. The van der Waals surface area contributed by atoms with Gasteiger partial charge in [0.1, 0.15) is 11.3 Å². The van der Waals surface area contributed by atoms with Crippen LogP contribution in [0.3, 0.4) is 0 Å². The van der Waals surface area contributed by atoms with E-state index in [9.17, 15) is 9.90 Å². The topological polar surface area (TPSA) is 98.3 Å². The van der Waals surface area contributed by atoms with E-state index in [0.29, 0.717) is 23.6 Å². The Bertz CT molecular complexity index is 671. The smallest absolute Gasteiger partial charge is 0.339 e. The number of aromatic carboxylic acids is 1. The molecular weight excluding hydrogens is 270 g/mol. The fourth-order valence-corrected chi connectivity index (χ4v) is 2.05. The van der Waals surface area contributed by atoms with Crippen LogP contribution in [0.25, 0.3) is 11.3 Å². The van der Waals surface area contributed by atoms with Gasteiger partial charge in [-0.05, 0) is 25.5 Å². The average molecular weight is 287 g/mol. The minimum atomic E-state index is -1.09. The van der Waals surface area contributed by atoms with Gasteiger partial charge < -0.3 is 15.6 Å². The lowest BCUT2D eigenvalue weighted by Crippen LogP contribution is -2.10. The second kappa shape index (κ2) is 6.21. The molecule has 0 amide bonds. The van der Waals surface area contributed by atoms with Crippen molar-refractivity contribution in [3.05, 3.63) is 35.5 Å². The first-order valence-corrected chi connectivity index (χ1v) is 6.64. The van der Waals surface area contributed by atoms with E-state index in [0.717, 1.165) is 6.42 Å². The van der Waals surface area contributed by atoms with Gasteiger partial charge in [-0.1, -0.05) is 19.1 Å². The molecule has 0 radical (unpaired) electrons. The number of aryl methyl sites for hydroxylation is 1. The molecular formula is C15H17N3O3. The Balaban J connectivity index is 2.64. The minimum absolute atomic E-state index is 0.0387. The molecule has 0 fully saturated rings. The number of nitrogens with zero attached hydrogens (tertiary/aromatic N) is 2. The van der Waals surface area contributed by atoms with Crippen molar-refractivity contribution in [1.29, 1.82) is 0 Å². The zero-order valence-electron chi connectivity index (χ0n) is 12.0. The molecule has 1 heterocycles. The summed E-state index contributed by atoms with van der Waals surface area (Å²) in [5.74, 6) is -0.468. The van der Waals surface area contributed by atoms with Crippen molar-refractivity contribution in [3.8, 4) is 17.0 Å². The van der Waals surface area contributed by atoms with Crippen LogP contribution in [-0.2, 0) is 0 Å². The first kappa shape index (κ1) is 14.8. The summed E-state index contributed by atoms with van der Waals surface area (Å²) >= 11 is 0. The molecule has 6 nitrogen and oxygen atoms in total. The van der Waals surface area contributed by atoms with E-state index in [4.69, 9.17) is 10.5 Å². The Hall–Kier alpha value is -2.63. The maximum absolute atomic E-state index is 11.5. The van der Waals surface area contributed by atoms with Gasteiger partial charge in [0.25, 0.3) is 0 Å². The van der Waals surface area contributed by atoms with Crippen LogP contribution in [0.5, 0.6) is 5.75 Å². The fourth-order valence-electron chi connectivity index (χ4n) is 2.05. The Morgan fingerprint density at radius 2 is 2.05 bits per heavy atom. The van der Waals surface area contributed by atoms with Crippen LogP contribution in [0.4, 0.5) is 5.95 Å². The van der Waals surface area contributed by atoms with E-state index >= 15 is 0 Å². The molecule has 6 heteroatoms. The van der Waals surface area contributed by atoms with Gasteiger partial charge in [0.15, 0.2) is 0 Å². The van der Waals surface area contributed by atoms with Crippen LogP contribution in [0.2, 0.25) is 0 Å². The largest absolute Gasteiger partial charge is 0.493 e. The molecule has 1 aromatic heterocycles.